The number of hydrogen-bond acceptors (Lipinski definition) is 2. The molecule has 1 amide bonds. The van der Waals surface area contributed by atoms with Crippen molar-refractivity contribution in [2.75, 3.05) is 5.32 Å². The number of aromatic nitrogens is 2. The summed E-state index contributed by atoms with van der Waals surface area (Å²) in [6.07, 6.45) is 0. The molecule has 0 aliphatic rings. The SMILES string of the molecule is CCn1nc(-c2ccc(F)cc2)cc1C(=O)Nc1cccc(F)c1. The van der Waals surface area contributed by atoms with Crippen LogP contribution in [0.1, 0.15) is 17.4 Å². The van der Waals surface area contributed by atoms with Crippen molar-refractivity contribution in [3.63, 3.8) is 0 Å². The minimum atomic E-state index is -0.427. The molecule has 6 heteroatoms. The molecule has 0 spiro atoms. The highest BCUT2D eigenvalue weighted by Crippen LogP contribution is 2.20. The van der Waals surface area contributed by atoms with Crippen LogP contribution < -0.4 is 5.32 Å². The van der Waals surface area contributed by atoms with Crippen molar-refractivity contribution in [3.05, 3.63) is 71.9 Å². The number of hydrogen-bond donors (Lipinski definition) is 1. The third-order valence-electron chi connectivity index (χ3n) is 3.53. The Hall–Kier alpha value is -3.02. The average Bonchev–Trinajstić information content (AvgIpc) is 3.00. The van der Waals surface area contributed by atoms with Crippen molar-refractivity contribution < 1.29 is 13.6 Å². The van der Waals surface area contributed by atoms with Gasteiger partial charge in [0.25, 0.3) is 5.91 Å². The quantitative estimate of drug-likeness (QED) is 0.784. The van der Waals surface area contributed by atoms with Gasteiger partial charge in [-0.15, -0.1) is 0 Å². The lowest BCUT2D eigenvalue weighted by Crippen LogP contribution is -2.17. The first kappa shape index (κ1) is 15.9. The molecule has 3 aromatic rings. The first-order valence-electron chi connectivity index (χ1n) is 7.47. The van der Waals surface area contributed by atoms with Crippen molar-refractivity contribution >= 4 is 11.6 Å². The van der Waals surface area contributed by atoms with E-state index in [-0.39, 0.29) is 11.7 Å². The Morgan fingerprint density at radius 3 is 2.50 bits per heavy atom. The second kappa shape index (κ2) is 6.62. The molecule has 0 unspecified atom stereocenters. The molecule has 1 N–H and O–H groups in total. The molecule has 122 valence electrons. The number of benzene rings is 2. The van der Waals surface area contributed by atoms with E-state index < -0.39 is 5.82 Å². The third kappa shape index (κ3) is 3.32. The van der Waals surface area contributed by atoms with Gasteiger partial charge in [-0.05, 0) is 55.5 Å². The number of amides is 1. The second-order valence-electron chi connectivity index (χ2n) is 5.20. The largest absolute Gasteiger partial charge is 0.321 e. The minimum Gasteiger partial charge on any atom is -0.321 e. The molecule has 0 fully saturated rings. The molecule has 0 atom stereocenters. The smallest absolute Gasteiger partial charge is 0.273 e. The van der Waals surface area contributed by atoms with Gasteiger partial charge < -0.3 is 5.32 Å². The number of carbonyl (C=O) groups excluding carboxylic acids is 1. The molecule has 3 rings (SSSR count). The van der Waals surface area contributed by atoms with Crippen molar-refractivity contribution in [3.8, 4) is 11.3 Å². The van der Waals surface area contributed by atoms with E-state index in [1.807, 2.05) is 6.92 Å². The van der Waals surface area contributed by atoms with E-state index in [4.69, 9.17) is 0 Å². The highest BCUT2D eigenvalue weighted by Gasteiger charge is 2.16. The second-order valence-corrected chi connectivity index (χ2v) is 5.20. The van der Waals surface area contributed by atoms with Crippen LogP contribution in [0.4, 0.5) is 14.5 Å². The average molecular weight is 327 g/mol. The zero-order chi connectivity index (χ0) is 17.1. The van der Waals surface area contributed by atoms with E-state index in [2.05, 4.69) is 10.4 Å². The lowest BCUT2D eigenvalue weighted by molar-refractivity contribution is 0.101. The predicted molar refractivity (Wildman–Crippen MR) is 87.6 cm³/mol. The molecule has 0 bridgehead atoms. The summed E-state index contributed by atoms with van der Waals surface area (Å²) in [4.78, 5) is 12.4. The van der Waals surface area contributed by atoms with Crippen LogP contribution in [0.15, 0.2) is 54.6 Å². The van der Waals surface area contributed by atoms with Crippen LogP contribution >= 0.6 is 0 Å². The Morgan fingerprint density at radius 2 is 1.83 bits per heavy atom. The molecule has 1 aromatic heterocycles. The van der Waals surface area contributed by atoms with E-state index in [9.17, 15) is 13.6 Å². The number of rotatable bonds is 4. The van der Waals surface area contributed by atoms with Gasteiger partial charge in [0, 0.05) is 17.8 Å². The predicted octanol–water partition coefficient (Wildman–Crippen LogP) is 4.10. The van der Waals surface area contributed by atoms with Crippen molar-refractivity contribution in [2.24, 2.45) is 0 Å². The van der Waals surface area contributed by atoms with Crippen LogP contribution in [0.25, 0.3) is 11.3 Å². The fourth-order valence-corrected chi connectivity index (χ4v) is 2.36. The number of halogens is 2. The van der Waals surface area contributed by atoms with Crippen LogP contribution in [0.3, 0.4) is 0 Å². The number of carbonyl (C=O) groups is 1. The molecular formula is C18H15F2N3O. The Morgan fingerprint density at radius 1 is 1.08 bits per heavy atom. The van der Waals surface area contributed by atoms with Gasteiger partial charge in [-0.25, -0.2) is 8.78 Å². The summed E-state index contributed by atoms with van der Waals surface area (Å²) in [7, 11) is 0. The van der Waals surface area contributed by atoms with E-state index in [1.165, 1.54) is 30.3 Å². The summed E-state index contributed by atoms with van der Waals surface area (Å²) in [5, 5.41) is 7.02. The molecule has 0 aliphatic carbocycles. The summed E-state index contributed by atoms with van der Waals surface area (Å²) in [6, 6.07) is 13.2. The summed E-state index contributed by atoms with van der Waals surface area (Å²) in [6.45, 7) is 2.35. The number of nitrogens with one attached hydrogen (secondary N) is 1. The monoisotopic (exact) mass is 327 g/mol. The first-order chi connectivity index (χ1) is 11.6. The van der Waals surface area contributed by atoms with Gasteiger partial charge in [0.05, 0.1) is 5.69 Å². The maximum atomic E-state index is 13.2. The van der Waals surface area contributed by atoms with E-state index in [0.717, 1.165) is 0 Å². The molecule has 24 heavy (non-hydrogen) atoms. The van der Waals surface area contributed by atoms with Gasteiger partial charge >= 0.3 is 0 Å². The normalized spacial score (nSPS) is 10.6. The van der Waals surface area contributed by atoms with Crippen LogP contribution in [-0.4, -0.2) is 15.7 Å². The summed E-state index contributed by atoms with van der Waals surface area (Å²) >= 11 is 0. The number of nitrogens with zero attached hydrogens (tertiary/aromatic N) is 2. The number of anilines is 1. The van der Waals surface area contributed by atoms with Crippen molar-refractivity contribution in [2.45, 2.75) is 13.5 Å². The molecule has 0 aliphatic heterocycles. The highest BCUT2D eigenvalue weighted by atomic mass is 19.1. The number of aryl methyl sites for hydroxylation is 1. The molecular weight excluding hydrogens is 312 g/mol. The lowest BCUT2D eigenvalue weighted by atomic mass is 10.1. The van der Waals surface area contributed by atoms with Gasteiger partial charge in [0.15, 0.2) is 0 Å². The maximum absolute atomic E-state index is 13.2. The van der Waals surface area contributed by atoms with E-state index >= 15 is 0 Å². The Labute approximate surface area is 137 Å². The zero-order valence-electron chi connectivity index (χ0n) is 13.0. The van der Waals surface area contributed by atoms with Crippen molar-refractivity contribution in [1.29, 1.82) is 0 Å². The standard InChI is InChI=1S/C18H15F2N3O/c1-2-23-17(18(24)21-15-5-3-4-14(20)10-15)11-16(22-23)12-6-8-13(19)9-7-12/h3-11H,2H2,1H3,(H,21,24). The molecule has 2 aromatic carbocycles. The lowest BCUT2D eigenvalue weighted by Gasteiger charge is -2.06. The van der Waals surface area contributed by atoms with Crippen LogP contribution in [-0.2, 0) is 6.54 Å². The van der Waals surface area contributed by atoms with Crippen molar-refractivity contribution in [1.82, 2.24) is 9.78 Å². The zero-order valence-corrected chi connectivity index (χ0v) is 13.0. The van der Waals surface area contributed by atoms with Gasteiger partial charge in [0.1, 0.15) is 17.3 Å². The van der Waals surface area contributed by atoms with Gasteiger partial charge in [-0.2, -0.15) is 5.10 Å². The van der Waals surface area contributed by atoms with E-state index in [0.29, 0.717) is 29.2 Å². The fraction of sp³-hybridized carbons (Fsp3) is 0.111. The van der Waals surface area contributed by atoms with Gasteiger partial charge in [0.2, 0.25) is 0 Å². The molecule has 0 radical (unpaired) electrons. The van der Waals surface area contributed by atoms with Crippen LogP contribution in [0, 0.1) is 11.6 Å². The fourth-order valence-electron chi connectivity index (χ4n) is 2.36. The summed E-state index contributed by atoms with van der Waals surface area (Å²) in [5.74, 6) is -1.15. The molecule has 0 saturated heterocycles. The van der Waals surface area contributed by atoms with Crippen LogP contribution in [0.5, 0.6) is 0 Å². The Bertz CT molecular complexity index is 872. The van der Waals surface area contributed by atoms with Gasteiger partial charge in [-0.1, -0.05) is 6.07 Å². The third-order valence-corrected chi connectivity index (χ3v) is 3.53. The first-order valence-corrected chi connectivity index (χ1v) is 7.47. The highest BCUT2D eigenvalue weighted by molar-refractivity contribution is 6.03. The van der Waals surface area contributed by atoms with E-state index in [1.54, 1.807) is 28.9 Å². The van der Waals surface area contributed by atoms with Crippen LogP contribution in [0.2, 0.25) is 0 Å². The summed E-state index contributed by atoms with van der Waals surface area (Å²) < 4.78 is 27.8. The molecule has 1 heterocycles. The molecule has 4 nitrogen and oxygen atoms in total. The van der Waals surface area contributed by atoms with Gasteiger partial charge in [-0.3, -0.25) is 9.48 Å². The topological polar surface area (TPSA) is 46.9 Å². The maximum Gasteiger partial charge on any atom is 0.273 e. The summed E-state index contributed by atoms with van der Waals surface area (Å²) in [5.41, 5.74) is 2.00. The Balaban J connectivity index is 1.89. The minimum absolute atomic E-state index is 0.335. The molecule has 0 saturated carbocycles. The Kier molecular flexibility index (Phi) is 4.37.